The van der Waals surface area contributed by atoms with E-state index in [0.717, 1.165) is 18.4 Å². The van der Waals surface area contributed by atoms with Crippen LogP contribution in [0, 0.1) is 17.8 Å². The number of hydrogen-bond donors (Lipinski definition) is 6. The first-order valence-corrected chi connectivity index (χ1v) is 22.4. The second-order valence-corrected chi connectivity index (χ2v) is 17.8. The number of phenols is 1. The molecule has 0 radical (unpaired) electrons. The standard InChI is InChI=1S/C45H50N2O11S2/c1-3-28-8-4-5-9-29(28)10-6-7-27(2)35-21-47-24-44(54)43(57-33-15-16-34-38(19-33)55-22-36(39(34)50)30-11-13-32(49)14-12-30)58-40(42(52)53)41(51)45(44,25-48)56-26-60-59-23-37(35)31-17-18-46-20-31/h4-6,8-17,19-20,25,27,35,37,40-41,43,47,49-51,54H,3,7,18,21-24,26H2,1-2H3,(H,52,53)/b10-6+/t27-,35-,37+,40-,41+,43+,44-,45-/m0/s1. The summed E-state index contributed by atoms with van der Waals surface area (Å²) in [7, 11) is 2.80. The number of rotatable bonds is 11. The summed E-state index contributed by atoms with van der Waals surface area (Å²) in [6.45, 7) is 4.85. The van der Waals surface area contributed by atoms with E-state index in [1.807, 2.05) is 18.3 Å². The number of carbonyl (C=O) groups excluding carboxylic acids is 1. The Morgan fingerprint density at radius 2 is 1.92 bits per heavy atom. The number of aryl methyl sites for hydroxylation is 1. The zero-order chi connectivity index (χ0) is 42.4. The number of aldehydes is 1. The molecular weight excluding hydrogens is 809 g/mol. The number of aliphatic hydroxyl groups is 3. The number of carboxylic acid groups (broad SMARTS) is 1. The summed E-state index contributed by atoms with van der Waals surface area (Å²) in [6.07, 6.45) is 4.31. The van der Waals surface area contributed by atoms with Gasteiger partial charge in [0.05, 0.1) is 12.1 Å². The van der Waals surface area contributed by atoms with E-state index < -0.39 is 42.2 Å². The number of hydrogen-bond acceptors (Lipinski definition) is 14. The molecule has 4 aliphatic rings. The fraction of sp³-hybridized carbons (Fsp3) is 0.400. The summed E-state index contributed by atoms with van der Waals surface area (Å²) in [4.78, 5) is 30.3. The van der Waals surface area contributed by atoms with E-state index in [0.29, 0.717) is 35.5 Å². The molecule has 0 bridgehead atoms. The normalized spacial score (nSPS) is 29.0. The van der Waals surface area contributed by atoms with Crippen LogP contribution in [-0.2, 0) is 25.5 Å². The molecule has 0 amide bonds. The lowest BCUT2D eigenvalue weighted by molar-refractivity contribution is -0.340. The molecule has 6 N–H and O–H groups in total. The number of aliphatic hydroxyl groups excluding tert-OH is 2. The molecule has 0 aromatic heterocycles. The Labute approximate surface area is 356 Å². The third kappa shape index (κ3) is 8.75. The van der Waals surface area contributed by atoms with Gasteiger partial charge in [-0.3, -0.25) is 9.79 Å². The number of aliphatic carboxylic acids is 1. The third-order valence-corrected chi connectivity index (χ3v) is 13.9. The first kappa shape index (κ1) is 43.5. The smallest absolute Gasteiger partial charge is 0.335 e. The van der Waals surface area contributed by atoms with Crippen LogP contribution in [0.15, 0.2) is 89.4 Å². The van der Waals surface area contributed by atoms with Gasteiger partial charge in [-0.25, -0.2) is 4.79 Å². The third-order valence-electron chi connectivity index (χ3n) is 11.8. The monoisotopic (exact) mass is 858 g/mol. The minimum atomic E-state index is -2.51. The van der Waals surface area contributed by atoms with Crippen LogP contribution < -0.4 is 14.8 Å². The molecule has 2 fully saturated rings. The minimum Gasteiger partial charge on any atom is -0.508 e. The van der Waals surface area contributed by atoms with Crippen molar-refractivity contribution in [2.24, 2.45) is 22.7 Å². The van der Waals surface area contributed by atoms with Crippen molar-refractivity contribution in [3.8, 4) is 17.2 Å². The van der Waals surface area contributed by atoms with Gasteiger partial charge in [0.2, 0.25) is 6.29 Å². The number of allylic oxidation sites excluding steroid dienone is 2. The predicted octanol–water partition coefficient (Wildman–Crippen LogP) is 5.93. The summed E-state index contributed by atoms with van der Waals surface area (Å²) in [6, 6.07) is 19.1. The van der Waals surface area contributed by atoms with E-state index in [1.165, 1.54) is 63.0 Å². The molecule has 318 valence electrons. The number of phenolic OH excluding ortho intramolecular Hbond substituents is 1. The van der Waals surface area contributed by atoms with E-state index in [1.54, 1.807) is 12.1 Å². The Bertz CT molecular complexity index is 2160. The molecular formula is C45H50N2O11S2. The predicted molar refractivity (Wildman–Crippen MR) is 232 cm³/mol. The summed E-state index contributed by atoms with van der Waals surface area (Å²) in [5, 5.41) is 58.9. The number of carboxylic acids is 1. The highest BCUT2D eigenvalue weighted by molar-refractivity contribution is 8.76. The van der Waals surface area contributed by atoms with Crippen molar-refractivity contribution in [2.45, 2.75) is 56.4 Å². The number of aromatic hydroxyl groups is 1. The van der Waals surface area contributed by atoms with Crippen LogP contribution in [0.5, 0.6) is 17.2 Å². The summed E-state index contributed by atoms with van der Waals surface area (Å²) in [5.41, 5.74) is 0.0299. The molecule has 8 atom stereocenters. The van der Waals surface area contributed by atoms with Crippen molar-refractivity contribution >= 4 is 57.5 Å². The summed E-state index contributed by atoms with van der Waals surface area (Å²) < 4.78 is 24.2. The van der Waals surface area contributed by atoms with Crippen LogP contribution in [0.1, 0.15) is 42.5 Å². The minimum absolute atomic E-state index is 0.0000998. The highest BCUT2D eigenvalue weighted by Crippen LogP contribution is 2.45. The molecule has 0 unspecified atom stereocenters. The van der Waals surface area contributed by atoms with Gasteiger partial charge in [-0.2, -0.15) is 0 Å². The second-order valence-electron chi connectivity index (χ2n) is 15.4. The van der Waals surface area contributed by atoms with Gasteiger partial charge in [0, 0.05) is 30.2 Å². The van der Waals surface area contributed by atoms with Gasteiger partial charge in [0.15, 0.2) is 23.6 Å². The number of aliphatic imine (C=N–C) groups is 1. The molecule has 3 aromatic carbocycles. The van der Waals surface area contributed by atoms with Crippen molar-refractivity contribution in [3.05, 3.63) is 107 Å². The topological polar surface area (TPSA) is 197 Å². The quantitative estimate of drug-likeness (QED) is 0.0980. The van der Waals surface area contributed by atoms with Crippen LogP contribution in [0.25, 0.3) is 17.4 Å². The van der Waals surface area contributed by atoms with Crippen molar-refractivity contribution in [1.29, 1.82) is 0 Å². The molecule has 0 aliphatic carbocycles. The van der Waals surface area contributed by atoms with E-state index in [9.17, 15) is 35.1 Å². The Balaban J connectivity index is 1.19. The van der Waals surface area contributed by atoms with Crippen molar-refractivity contribution in [3.63, 3.8) is 0 Å². The van der Waals surface area contributed by atoms with Crippen LogP contribution >= 0.6 is 21.6 Å². The second kappa shape index (κ2) is 19.0. The fourth-order valence-corrected chi connectivity index (χ4v) is 10.4. The summed E-state index contributed by atoms with van der Waals surface area (Å²) in [5.74, 6) is -0.600. The lowest BCUT2D eigenvalue weighted by atomic mass is 9.73. The van der Waals surface area contributed by atoms with Gasteiger partial charge in [-0.05, 0) is 83.7 Å². The van der Waals surface area contributed by atoms with E-state index in [4.69, 9.17) is 18.9 Å². The number of β-amino-alcohol motifs (C(OH)–C–C–N with tert-alkyl or cyclic N) is 1. The summed E-state index contributed by atoms with van der Waals surface area (Å²) >= 11 is 0. The average molecular weight is 859 g/mol. The lowest BCUT2D eigenvalue weighted by Crippen LogP contribution is -2.80. The van der Waals surface area contributed by atoms with Crippen LogP contribution in [-0.4, -0.2) is 112 Å². The van der Waals surface area contributed by atoms with Gasteiger partial charge in [0.25, 0.3) is 0 Å². The van der Waals surface area contributed by atoms with E-state index in [-0.39, 0.29) is 59.6 Å². The molecule has 7 rings (SSSR count). The van der Waals surface area contributed by atoms with E-state index >= 15 is 0 Å². The molecule has 4 heterocycles. The highest BCUT2D eigenvalue weighted by atomic mass is 33.1. The Kier molecular flexibility index (Phi) is 13.8. The number of carbonyl (C=O) groups is 2. The van der Waals surface area contributed by atoms with Crippen molar-refractivity contribution in [2.75, 3.05) is 37.9 Å². The Morgan fingerprint density at radius 1 is 1.12 bits per heavy atom. The number of fused-ring (bicyclic) bond motifs is 2. The zero-order valence-corrected chi connectivity index (χ0v) is 34.9. The maximum atomic E-state index is 13.3. The molecule has 60 heavy (non-hydrogen) atoms. The Hall–Kier alpha value is -4.61. The van der Waals surface area contributed by atoms with Crippen LogP contribution in [0.2, 0.25) is 0 Å². The Morgan fingerprint density at radius 3 is 2.65 bits per heavy atom. The van der Waals surface area contributed by atoms with E-state index in [2.05, 4.69) is 54.5 Å². The largest absolute Gasteiger partial charge is 0.508 e. The number of benzene rings is 3. The van der Waals surface area contributed by atoms with Gasteiger partial charge in [-0.15, -0.1) is 0 Å². The lowest BCUT2D eigenvalue weighted by Gasteiger charge is -2.53. The molecule has 4 aliphatic heterocycles. The number of ether oxygens (including phenoxy) is 4. The molecule has 13 nitrogen and oxygen atoms in total. The zero-order valence-electron chi connectivity index (χ0n) is 33.3. The number of nitrogens with one attached hydrogen (secondary N) is 1. The molecule has 3 aromatic rings. The maximum absolute atomic E-state index is 13.3. The van der Waals surface area contributed by atoms with Crippen LogP contribution in [0.3, 0.4) is 0 Å². The van der Waals surface area contributed by atoms with Crippen molar-refractivity contribution in [1.82, 2.24) is 5.32 Å². The van der Waals surface area contributed by atoms with Gasteiger partial charge < -0.3 is 49.8 Å². The fourth-order valence-electron chi connectivity index (χ4n) is 8.35. The molecule has 15 heteroatoms. The molecule has 0 saturated carbocycles. The molecule has 0 spiro atoms. The first-order chi connectivity index (χ1) is 29.0. The van der Waals surface area contributed by atoms with Crippen LogP contribution in [0.4, 0.5) is 0 Å². The average Bonchev–Trinajstić information content (AvgIpc) is 3.78. The highest BCUT2D eigenvalue weighted by Gasteiger charge is 2.69. The van der Waals surface area contributed by atoms with Gasteiger partial charge >= 0.3 is 5.97 Å². The van der Waals surface area contributed by atoms with Gasteiger partial charge in [0.1, 0.15) is 41.7 Å². The maximum Gasteiger partial charge on any atom is 0.335 e. The molecule has 2 saturated heterocycles. The number of nitrogens with zero attached hydrogens (tertiary/aromatic N) is 1. The van der Waals surface area contributed by atoms with Gasteiger partial charge in [-0.1, -0.05) is 90.1 Å². The SMILES string of the molecule is CCc1ccccc1/C=C/C[C@H](C)[C@@H]1CNC[C@]2(O)[C@H](Oc3ccc4c(c3)OCC(c3ccc(O)cc3)=C4O)O[C@H](C(=O)O)[C@@H](O)[C@]2(C=O)OCSSC[C@@H]1C1=CCN=C1. The first-order valence-electron chi connectivity index (χ1n) is 19.9. The van der Waals surface area contributed by atoms with Crippen molar-refractivity contribution < 1.29 is 54.1 Å².